The van der Waals surface area contributed by atoms with E-state index in [1.807, 2.05) is 45.1 Å². The molecule has 5 atom stereocenters. The van der Waals surface area contributed by atoms with Crippen LogP contribution in [0.2, 0.25) is 0 Å². The average molecular weight is 546 g/mol. The van der Waals surface area contributed by atoms with Gasteiger partial charge in [0.05, 0.1) is 0 Å². The number of fused-ring (bicyclic) bond motifs is 1. The number of hydrogen-bond donors (Lipinski definition) is 1. The molecule has 0 spiro atoms. The number of allylic oxidation sites excluding steroid dienone is 9. The number of rotatable bonds is 8. The molecule has 0 heterocycles. The lowest BCUT2D eigenvalue weighted by Crippen LogP contribution is -2.33. The number of terminal acetylenes is 1. The average Bonchev–Trinajstić information content (AvgIpc) is 3.27. The van der Waals surface area contributed by atoms with Gasteiger partial charge in [-0.2, -0.15) is 0 Å². The summed E-state index contributed by atoms with van der Waals surface area (Å²) in [6.45, 7) is 24.9. The van der Waals surface area contributed by atoms with Gasteiger partial charge in [-0.15, -0.1) is 13.0 Å². The molecule has 40 heavy (non-hydrogen) atoms. The molecule has 3 rings (SSSR count). The fourth-order valence-corrected chi connectivity index (χ4v) is 6.94. The molecule has 0 aliphatic heterocycles. The van der Waals surface area contributed by atoms with E-state index in [0.717, 1.165) is 23.3 Å². The maximum atomic E-state index is 5.54. The molecule has 3 fully saturated rings. The Morgan fingerprint density at radius 2 is 1.88 bits per heavy atom. The molecule has 3 aliphatic carbocycles. The molecular weight excluding hydrogens is 482 g/mol. The number of hydrogen-bond acceptors (Lipinski definition) is 1. The van der Waals surface area contributed by atoms with E-state index in [4.69, 9.17) is 12.2 Å². The van der Waals surface area contributed by atoms with Gasteiger partial charge in [0.15, 0.2) is 0 Å². The lowest BCUT2D eigenvalue weighted by molar-refractivity contribution is 0.129. The van der Waals surface area contributed by atoms with Gasteiger partial charge < -0.3 is 5.73 Å². The second-order valence-corrected chi connectivity index (χ2v) is 13.2. The Bertz CT molecular complexity index is 961. The summed E-state index contributed by atoms with van der Waals surface area (Å²) in [6.07, 6.45) is 33.9. The topological polar surface area (TPSA) is 26.0 Å². The van der Waals surface area contributed by atoms with Crippen molar-refractivity contribution in [3.63, 3.8) is 0 Å². The van der Waals surface area contributed by atoms with E-state index >= 15 is 0 Å². The smallest absolute Gasteiger partial charge is 0.0468 e. The van der Waals surface area contributed by atoms with E-state index in [9.17, 15) is 0 Å². The van der Waals surface area contributed by atoms with Gasteiger partial charge in [-0.1, -0.05) is 128 Å². The molecule has 0 bridgehead atoms. The lowest BCUT2D eigenvalue weighted by atomic mass is 9.63. The van der Waals surface area contributed by atoms with Gasteiger partial charge in [0.25, 0.3) is 0 Å². The molecule has 1 heteroatoms. The highest BCUT2D eigenvalue weighted by molar-refractivity contribution is 5.28. The van der Waals surface area contributed by atoms with Crippen LogP contribution < -0.4 is 5.73 Å². The minimum Gasteiger partial charge on any atom is -0.399 e. The highest BCUT2D eigenvalue weighted by Crippen LogP contribution is 2.58. The van der Waals surface area contributed by atoms with Crippen LogP contribution in [0.25, 0.3) is 0 Å². The quantitative estimate of drug-likeness (QED) is 0.183. The molecular formula is C39H63N. The largest absolute Gasteiger partial charge is 0.399 e. The minimum absolute atomic E-state index is 0.0279. The minimum atomic E-state index is -0.104. The summed E-state index contributed by atoms with van der Waals surface area (Å²) in [5, 5.41) is 0. The van der Waals surface area contributed by atoms with E-state index in [0.29, 0.717) is 11.1 Å². The van der Waals surface area contributed by atoms with Crippen molar-refractivity contribution in [2.24, 2.45) is 40.2 Å². The van der Waals surface area contributed by atoms with E-state index in [1.165, 1.54) is 70.6 Å². The van der Waals surface area contributed by atoms with Crippen LogP contribution in [0.4, 0.5) is 0 Å². The van der Waals surface area contributed by atoms with Crippen LogP contribution in [0.5, 0.6) is 0 Å². The standard InChI is InChI=1S/C22H36.C15H21N.C2H6/c1-4-7-20-13-14-21-19(10-6-15-22(20,21)3)12-11-18-9-5-8-17(2)16-18;1-7-14(15(5,6)8-2)11-9-10-12(3)13(4)16;1-2/h11-12,17,20-21H,4-10,13-16H2,1-3H3;1,8-11,14H,2,4,16H2,3,5-6H3;1-2H3/b18-11-,19-12+;11-9-,12-10+;. The van der Waals surface area contributed by atoms with Crippen molar-refractivity contribution in [1.29, 1.82) is 0 Å². The molecule has 0 amide bonds. The van der Waals surface area contributed by atoms with Crippen LogP contribution in [-0.4, -0.2) is 0 Å². The van der Waals surface area contributed by atoms with Gasteiger partial charge >= 0.3 is 0 Å². The zero-order valence-corrected chi connectivity index (χ0v) is 27.6. The summed E-state index contributed by atoms with van der Waals surface area (Å²) in [4.78, 5) is 0. The van der Waals surface area contributed by atoms with Crippen molar-refractivity contribution in [2.45, 2.75) is 126 Å². The first-order valence-corrected chi connectivity index (χ1v) is 16.3. The zero-order valence-electron chi connectivity index (χ0n) is 27.6. The maximum Gasteiger partial charge on any atom is 0.0468 e. The molecule has 3 saturated carbocycles. The third kappa shape index (κ3) is 10.3. The van der Waals surface area contributed by atoms with Gasteiger partial charge in [-0.05, 0) is 92.4 Å². The van der Waals surface area contributed by atoms with Gasteiger partial charge in [0.2, 0.25) is 0 Å². The van der Waals surface area contributed by atoms with Gasteiger partial charge in [-0.25, -0.2) is 0 Å². The SMILES string of the molecule is C#CC(/C=C\C=C(/C)C(=C)N)C(C)(C)C=C.CC.CCCC1CCC2/C(=C/C=C3/CCCC(C)C3)CCCC12C. The first-order valence-electron chi connectivity index (χ1n) is 16.3. The summed E-state index contributed by atoms with van der Waals surface area (Å²) < 4.78 is 0. The second kappa shape index (κ2) is 17.6. The Morgan fingerprint density at radius 1 is 1.18 bits per heavy atom. The molecule has 0 aromatic heterocycles. The van der Waals surface area contributed by atoms with E-state index in [-0.39, 0.29) is 11.3 Å². The summed E-state index contributed by atoms with van der Waals surface area (Å²) in [5.41, 5.74) is 11.1. The van der Waals surface area contributed by atoms with Crippen molar-refractivity contribution in [3.8, 4) is 12.3 Å². The first kappa shape index (κ1) is 35.8. The molecule has 3 aliphatic rings. The molecule has 224 valence electrons. The Balaban J connectivity index is 0.000000397. The molecule has 1 nitrogen and oxygen atoms in total. The zero-order chi connectivity index (χ0) is 30.3. The Kier molecular flexibility index (Phi) is 15.7. The normalized spacial score (nSPS) is 29.5. The van der Waals surface area contributed by atoms with Crippen molar-refractivity contribution in [2.75, 3.05) is 0 Å². The van der Waals surface area contributed by atoms with Crippen LogP contribution in [0, 0.1) is 46.8 Å². The van der Waals surface area contributed by atoms with E-state index in [2.05, 4.69) is 65.8 Å². The number of nitrogens with two attached hydrogens (primary N) is 1. The molecule has 0 radical (unpaired) electrons. The van der Waals surface area contributed by atoms with Gasteiger partial charge in [-0.3, -0.25) is 0 Å². The first-order chi connectivity index (χ1) is 19.0. The van der Waals surface area contributed by atoms with Crippen molar-refractivity contribution in [1.82, 2.24) is 0 Å². The Morgan fingerprint density at radius 3 is 2.45 bits per heavy atom. The summed E-state index contributed by atoms with van der Waals surface area (Å²) in [6, 6.07) is 0. The highest BCUT2D eigenvalue weighted by Gasteiger charge is 2.48. The fourth-order valence-electron chi connectivity index (χ4n) is 6.94. The van der Waals surface area contributed by atoms with Crippen LogP contribution in [-0.2, 0) is 0 Å². The summed E-state index contributed by atoms with van der Waals surface area (Å²) in [5.74, 6) is 5.59. The predicted octanol–water partition coefficient (Wildman–Crippen LogP) is 11.5. The molecule has 5 unspecified atom stereocenters. The fraction of sp³-hybridized carbons (Fsp3) is 0.641. The molecule has 0 aromatic rings. The highest BCUT2D eigenvalue weighted by atomic mass is 14.6. The van der Waals surface area contributed by atoms with Crippen LogP contribution in [0.1, 0.15) is 126 Å². The lowest BCUT2D eigenvalue weighted by Gasteiger charge is -2.42. The van der Waals surface area contributed by atoms with Crippen LogP contribution in [0.15, 0.2) is 72.0 Å². The third-order valence-electron chi connectivity index (χ3n) is 9.80. The predicted molar refractivity (Wildman–Crippen MR) is 181 cm³/mol. The monoisotopic (exact) mass is 545 g/mol. The van der Waals surface area contributed by atoms with Crippen LogP contribution >= 0.6 is 0 Å². The van der Waals surface area contributed by atoms with Gasteiger partial charge in [0.1, 0.15) is 0 Å². The van der Waals surface area contributed by atoms with Gasteiger partial charge in [0, 0.05) is 11.6 Å². The molecule has 0 saturated heterocycles. The Hall–Kier alpha value is -2.20. The summed E-state index contributed by atoms with van der Waals surface area (Å²) in [7, 11) is 0. The molecule has 0 aromatic carbocycles. The van der Waals surface area contributed by atoms with Crippen molar-refractivity contribution >= 4 is 0 Å². The van der Waals surface area contributed by atoms with Crippen molar-refractivity contribution < 1.29 is 0 Å². The maximum absolute atomic E-state index is 5.54. The van der Waals surface area contributed by atoms with E-state index < -0.39 is 0 Å². The molecule has 2 N–H and O–H groups in total. The third-order valence-corrected chi connectivity index (χ3v) is 9.80. The summed E-state index contributed by atoms with van der Waals surface area (Å²) >= 11 is 0. The Labute approximate surface area is 250 Å². The second-order valence-electron chi connectivity index (χ2n) is 13.2. The van der Waals surface area contributed by atoms with Crippen molar-refractivity contribution in [3.05, 3.63) is 72.0 Å². The van der Waals surface area contributed by atoms with E-state index in [1.54, 1.807) is 11.1 Å². The van der Waals surface area contributed by atoms with Crippen LogP contribution in [0.3, 0.4) is 0 Å².